The molecule has 0 saturated carbocycles. The second-order valence-corrected chi connectivity index (χ2v) is 5.87. The Morgan fingerprint density at radius 2 is 1.71 bits per heavy atom. The summed E-state index contributed by atoms with van der Waals surface area (Å²) in [4.78, 5) is 0. The van der Waals surface area contributed by atoms with E-state index in [9.17, 15) is 8.78 Å². The lowest BCUT2D eigenvalue weighted by molar-refractivity contribution is 0.353. The Bertz CT molecular complexity index is 593. The molecule has 2 aromatic carbocycles. The minimum Gasteiger partial charge on any atom is -0.316 e. The summed E-state index contributed by atoms with van der Waals surface area (Å²) < 4.78 is 26.9. The van der Waals surface area contributed by atoms with E-state index in [2.05, 4.69) is 31.3 Å². The molecule has 0 aliphatic heterocycles. The summed E-state index contributed by atoms with van der Waals surface area (Å²) in [5.74, 6) is -1.03. The third-order valence-corrected chi connectivity index (χ3v) is 4.18. The Balaban J connectivity index is 2.27. The molecule has 0 bridgehead atoms. The highest BCUT2D eigenvalue weighted by Crippen LogP contribution is 2.29. The predicted molar refractivity (Wildman–Crippen MR) is 82.4 cm³/mol. The van der Waals surface area contributed by atoms with Crippen LogP contribution in [-0.4, -0.2) is 13.1 Å². The SMILES string of the molecule is CNC(Cc1ccc(F)cc1F)C(C)(C)c1ccccc1. The van der Waals surface area contributed by atoms with E-state index >= 15 is 0 Å². The summed E-state index contributed by atoms with van der Waals surface area (Å²) in [6.07, 6.45) is 0.504. The lowest BCUT2D eigenvalue weighted by atomic mass is 9.75. The van der Waals surface area contributed by atoms with Crippen molar-refractivity contribution < 1.29 is 8.78 Å². The van der Waals surface area contributed by atoms with Crippen LogP contribution in [-0.2, 0) is 11.8 Å². The van der Waals surface area contributed by atoms with Crippen LogP contribution in [0.25, 0.3) is 0 Å². The average Bonchev–Trinajstić information content (AvgIpc) is 2.47. The van der Waals surface area contributed by atoms with Crippen molar-refractivity contribution in [3.8, 4) is 0 Å². The van der Waals surface area contributed by atoms with Crippen LogP contribution < -0.4 is 5.32 Å². The van der Waals surface area contributed by atoms with Crippen LogP contribution in [0.3, 0.4) is 0 Å². The van der Waals surface area contributed by atoms with Crippen LogP contribution in [0, 0.1) is 11.6 Å². The third-order valence-electron chi connectivity index (χ3n) is 4.18. The van der Waals surface area contributed by atoms with E-state index in [-0.39, 0.29) is 11.5 Å². The van der Waals surface area contributed by atoms with E-state index in [1.54, 1.807) is 0 Å². The van der Waals surface area contributed by atoms with Crippen molar-refractivity contribution in [1.82, 2.24) is 5.32 Å². The summed E-state index contributed by atoms with van der Waals surface area (Å²) >= 11 is 0. The van der Waals surface area contributed by atoms with Gasteiger partial charge < -0.3 is 5.32 Å². The van der Waals surface area contributed by atoms with Gasteiger partial charge in [-0.3, -0.25) is 0 Å². The van der Waals surface area contributed by atoms with Gasteiger partial charge in [-0.1, -0.05) is 50.2 Å². The van der Waals surface area contributed by atoms with E-state index in [1.165, 1.54) is 17.7 Å². The van der Waals surface area contributed by atoms with Gasteiger partial charge >= 0.3 is 0 Å². The molecule has 1 unspecified atom stereocenters. The second kappa shape index (κ2) is 6.35. The smallest absolute Gasteiger partial charge is 0.129 e. The number of hydrogen-bond acceptors (Lipinski definition) is 1. The van der Waals surface area contributed by atoms with Gasteiger partial charge in [-0.05, 0) is 30.7 Å². The summed E-state index contributed by atoms with van der Waals surface area (Å²) in [7, 11) is 1.87. The Morgan fingerprint density at radius 1 is 1.05 bits per heavy atom. The third kappa shape index (κ3) is 3.48. The first-order chi connectivity index (χ1) is 9.95. The first-order valence-electron chi connectivity index (χ1n) is 7.12. The lowest BCUT2D eigenvalue weighted by Crippen LogP contribution is -2.44. The molecule has 3 heteroatoms. The zero-order valence-corrected chi connectivity index (χ0v) is 12.7. The van der Waals surface area contributed by atoms with E-state index in [0.717, 1.165) is 6.07 Å². The summed E-state index contributed by atoms with van der Waals surface area (Å²) in [5.41, 5.74) is 1.54. The van der Waals surface area contributed by atoms with Crippen LogP contribution in [0.15, 0.2) is 48.5 Å². The summed E-state index contributed by atoms with van der Waals surface area (Å²) in [5, 5.41) is 3.27. The molecule has 1 atom stereocenters. The van der Waals surface area contributed by atoms with Gasteiger partial charge in [-0.2, -0.15) is 0 Å². The fourth-order valence-corrected chi connectivity index (χ4v) is 2.69. The number of benzene rings is 2. The molecule has 0 aromatic heterocycles. The monoisotopic (exact) mass is 289 g/mol. The fourth-order valence-electron chi connectivity index (χ4n) is 2.69. The number of rotatable bonds is 5. The summed E-state index contributed by atoms with van der Waals surface area (Å²) in [6.45, 7) is 4.26. The Kier molecular flexibility index (Phi) is 4.73. The minimum atomic E-state index is -0.542. The molecule has 0 amide bonds. The Morgan fingerprint density at radius 3 is 2.29 bits per heavy atom. The van der Waals surface area contributed by atoms with Gasteiger partial charge in [0.1, 0.15) is 11.6 Å². The predicted octanol–water partition coefficient (Wildman–Crippen LogP) is 4.07. The van der Waals surface area contributed by atoms with Gasteiger partial charge in [0, 0.05) is 17.5 Å². The van der Waals surface area contributed by atoms with E-state index < -0.39 is 11.6 Å². The Hall–Kier alpha value is -1.74. The second-order valence-electron chi connectivity index (χ2n) is 5.87. The maximum Gasteiger partial charge on any atom is 0.129 e. The topological polar surface area (TPSA) is 12.0 Å². The number of halogens is 2. The quantitative estimate of drug-likeness (QED) is 0.875. The molecule has 0 aliphatic carbocycles. The van der Waals surface area contributed by atoms with Crippen molar-refractivity contribution in [3.05, 3.63) is 71.3 Å². The van der Waals surface area contributed by atoms with Gasteiger partial charge in [-0.25, -0.2) is 8.78 Å². The van der Waals surface area contributed by atoms with Crippen molar-refractivity contribution in [2.75, 3.05) is 7.05 Å². The summed E-state index contributed by atoms with van der Waals surface area (Å²) in [6, 6.07) is 13.9. The van der Waals surface area contributed by atoms with Gasteiger partial charge in [-0.15, -0.1) is 0 Å². The molecule has 2 rings (SSSR count). The van der Waals surface area contributed by atoms with Crippen LogP contribution in [0.5, 0.6) is 0 Å². The van der Waals surface area contributed by atoms with Crippen molar-refractivity contribution >= 4 is 0 Å². The normalized spacial score (nSPS) is 13.2. The molecule has 0 heterocycles. The number of hydrogen-bond donors (Lipinski definition) is 1. The molecule has 0 aliphatic rings. The van der Waals surface area contributed by atoms with Crippen LogP contribution in [0.4, 0.5) is 8.78 Å². The van der Waals surface area contributed by atoms with Crippen LogP contribution >= 0.6 is 0 Å². The highest BCUT2D eigenvalue weighted by atomic mass is 19.1. The molecule has 0 radical (unpaired) electrons. The fraction of sp³-hybridized carbons (Fsp3) is 0.333. The van der Waals surface area contributed by atoms with Crippen molar-refractivity contribution in [1.29, 1.82) is 0 Å². The van der Waals surface area contributed by atoms with Crippen molar-refractivity contribution in [3.63, 3.8) is 0 Å². The number of nitrogens with one attached hydrogen (secondary N) is 1. The van der Waals surface area contributed by atoms with Crippen molar-refractivity contribution in [2.45, 2.75) is 31.7 Å². The maximum absolute atomic E-state index is 13.9. The van der Waals surface area contributed by atoms with E-state index in [1.807, 2.05) is 25.2 Å². The molecule has 0 fully saturated rings. The van der Waals surface area contributed by atoms with Crippen molar-refractivity contribution in [2.24, 2.45) is 0 Å². The van der Waals surface area contributed by atoms with E-state index in [4.69, 9.17) is 0 Å². The molecule has 0 spiro atoms. The molecule has 112 valence electrons. The molecular weight excluding hydrogens is 268 g/mol. The first kappa shape index (κ1) is 15.6. The van der Waals surface area contributed by atoms with Gasteiger partial charge in [0.05, 0.1) is 0 Å². The lowest BCUT2D eigenvalue weighted by Gasteiger charge is -2.35. The van der Waals surface area contributed by atoms with Crippen LogP contribution in [0.2, 0.25) is 0 Å². The molecular formula is C18H21F2N. The average molecular weight is 289 g/mol. The van der Waals surface area contributed by atoms with E-state index in [0.29, 0.717) is 12.0 Å². The molecule has 1 nitrogen and oxygen atoms in total. The van der Waals surface area contributed by atoms with Gasteiger partial charge in [0.15, 0.2) is 0 Å². The number of likely N-dealkylation sites (N-methyl/N-ethyl adjacent to an activating group) is 1. The van der Waals surface area contributed by atoms with Gasteiger partial charge in [0.25, 0.3) is 0 Å². The largest absolute Gasteiger partial charge is 0.316 e. The highest BCUT2D eigenvalue weighted by molar-refractivity contribution is 5.28. The highest BCUT2D eigenvalue weighted by Gasteiger charge is 2.30. The van der Waals surface area contributed by atoms with Crippen LogP contribution in [0.1, 0.15) is 25.0 Å². The minimum absolute atomic E-state index is 0.0415. The molecule has 0 saturated heterocycles. The maximum atomic E-state index is 13.9. The first-order valence-corrected chi connectivity index (χ1v) is 7.12. The molecule has 1 N–H and O–H groups in total. The van der Waals surface area contributed by atoms with Gasteiger partial charge in [0.2, 0.25) is 0 Å². The molecule has 2 aromatic rings. The zero-order valence-electron chi connectivity index (χ0n) is 12.7. The molecule has 21 heavy (non-hydrogen) atoms. The Labute approximate surface area is 125 Å². The standard InChI is InChI=1S/C18H21F2N/c1-18(2,14-7-5-4-6-8-14)17(21-3)11-13-9-10-15(19)12-16(13)20/h4-10,12,17,21H,11H2,1-3H3. The zero-order chi connectivity index (χ0) is 15.5.